The van der Waals surface area contributed by atoms with Crippen LogP contribution >= 0.6 is 12.2 Å². The van der Waals surface area contributed by atoms with Crippen LogP contribution in [0.3, 0.4) is 0 Å². The average Bonchev–Trinajstić information content (AvgIpc) is 2.90. The summed E-state index contributed by atoms with van der Waals surface area (Å²) in [5.41, 5.74) is 1.93. The molecule has 110 valence electrons. The van der Waals surface area contributed by atoms with Gasteiger partial charge in [-0.15, -0.1) is 0 Å². The summed E-state index contributed by atoms with van der Waals surface area (Å²) in [5, 5.41) is 8.90. The normalized spacial score (nSPS) is 17.0. The number of fused-ring (bicyclic) bond motifs is 1. The maximum absolute atomic E-state index is 13.3. The van der Waals surface area contributed by atoms with Crippen molar-refractivity contribution in [3.63, 3.8) is 0 Å². The van der Waals surface area contributed by atoms with Gasteiger partial charge in [-0.25, -0.2) is 8.78 Å². The number of rotatable bonds is 3. The maximum atomic E-state index is 13.3. The fraction of sp³-hybridized carbons (Fsp3) is 0.286. The molecular formula is C14H12F2N2O2S. The van der Waals surface area contributed by atoms with Gasteiger partial charge in [-0.05, 0) is 36.3 Å². The van der Waals surface area contributed by atoms with Crippen molar-refractivity contribution < 1.29 is 18.7 Å². The lowest BCUT2D eigenvalue weighted by Gasteiger charge is -2.10. The molecule has 2 N–H and O–H groups in total. The zero-order chi connectivity index (χ0) is 15.1. The molecule has 2 heterocycles. The molecule has 0 aliphatic carbocycles. The van der Waals surface area contributed by atoms with Crippen LogP contribution in [-0.2, 0) is 24.2 Å². The Balaban J connectivity index is 1.94. The average molecular weight is 310 g/mol. The molecule has 1 aromatic heterocycles. The van der Waals surface area contributed by atoms with Gasteiger partial charge < -0.3 is 14.7 Å². The Hall–Kier alpha value is -2.02. The number of halogens is 2. The number of aliphatic carboxylic acids is 1. The number of hydrogen-bond acceptors (Lipinski definition) is 2. The third-order valence-corrected chi connectivity index (χ3v) is 4.03. The minimum Gasteiger partial charge on any atom is -0.481 e. The van der Waals surface area contributed by atoms with E-state index in [0.29, 0.717) is 29.0 Å². The van der Waals surface area contributed by atoms with Crippen LogP contribution in [0.1, 0.15) is 22.9 Å². The quantitative estimate of drug-likeness (QED) is 0.857. The fourth-order valence-electron chi connectivity index (χ4n) is 2.83. The second-order valence-electron chi connectivity index (χ2n) is 5.14. The topological polar surface area (TPSA) is 58.0 Å². The summed E-state index contributed by atoms with van der Waals surface area (Å²) in [5.74, 6) is -2.28. The van der Waals surface area contributed by atoms with E-state index in [0.717, 1.165) is 11.8 Å². The van der Waals surface area contributed by atoms with E-state index in [2.05, 4.69) is 4.98 Å². The molecule has 0 fully saturated rings. The molecule has 0 spiro atoms. The first-order valence-electron chi connectivity index (χ1n) is 6.42. The minimum absolute atomic E-state index is 0.103. The lowest BCUT2D eigenvalue weighted by atomic mass is 9.96. The van der Waals surface area contributed by atoms with Gasteiger partial charge in [-0.1, -0.05) is 0 Å². The molecule has 1 aliphatic rings. The third-order valence-electron chi connectivity index (χ3n) is 3.70. The predicted molar refractivity (Wildman–Crippen MR) is 73.8 cm³/mol. The molecule has 0 saturated carbocycles. The molecule has 3 rings (SSSR count). The zero-order valence-electron chi connectivity index (χ0n) is 10.9. The van der Waals surface area contributed by atoms with Crippen LogP contribution in [0.25, 0.3) is 0 Å². The highest BCUT2D eigenvalue weighted by molar-refractivity contribution is 7.71. The number of nitrogens with one attached hydrogen (secondary N) is 1. The van der Waals surface area contributed by atoms with E-state index in [-0.39, 0.29) is 12.3 Å². The molecule has 21 heavy (non-hydrogen) atoms. The summed E-state index contributed by atoms with van der Waals surface area (Å²) in [6.07, 6.45) is 0.370. The number of benzene rings is 1. The van der Waals surface area contributed by atoms with Gasteiger partial charge in [0, 0.05) is 29.9 Å². The lowest BCUT2D eigenvalue weighted by molar-refractivity contribution is -0.136. The van der Waals surface area contributed by atoms with E-state index in [4.69, 9.17) is 17.3 Å². The first-order chi connectivity index (χ1) is 9.94. The van der Waals surface area contributed by atoms with Crippen LogP contribution in [0.15, 0.2) is 18.2 Å². The Bertz CT molecular complexity index is 762. The van der Waals surface area contributed by atoms with E-state index in [1.54, 1.807) is 4.57 Å². The summed E-state index contributed by atoms with van der Waals surface area (Å²) in [7, 11) is 0. The van der Waals surface area contributed by atoms with Crippen LogP contribution in [0, 0.1) is 16.4 Å². The maximum Gasteiger partial charge on any atom is 0.309 e. The molecule has 1 unspecified atom stereocenters. The fourth-order valence-corrected chi connectivity index (χ4v) is 3.14. The van der Waals surface area contributed by atoms with Gasteiger partial charge in [-0.3, -0.25) is 4.79 Å². The van der Waals surface area contributed by atoms with Gasteiger partial charge in [0.1, 0.15) is 11.6 Å². The van der Waals surface area contributed by atoms with Crippen LogP contribution < -0.4 is 0 Å². The Morgan fingerprint density at radius 3 is 2.67 bits per heavy atom. The van der Waals surface area contributed by atoms with E-state index in [9.17, 15) is 13.6 Å². The second kappa shape index (κ2) is 5.07. The monoisotopic (exact) mass is 310 g/mol. The molecule has 1 aliphatic heterocycles. The molecule has 7 heteroatoms. The van der Waals surface area contributed by atoms with Gasteiger partial charge in [0.15, 0.2) is 4.77 Å². The number of aromatic nitrogens is 2. The number of carboxylic acids is 1. The van der Waals surface area contributed by atoms with Crippen LogP contribution in [0.5, 0.6) is 0 Å². The zero-order valence-corrected chi connectivity index (χ0v) is 11.7. The number of nitrogens with zero attached hydrogens (tertiary/aromatic N) is 1. The van der Waals surface area contributed by atoms with E-state index in [1.165, 1.54) is 12.1 Å². The van der Waals surface area contributed by atoms with Crippen molar-refractivity contribution in [2.45, 2.75) is 25.3 Å². The molecule has 0 bridgehead atoms. The first kappa shape index (κ1) is 13.9. The smallest absolute Gasteiger partial charge is 0.309 e. The van der Waals surface area contributed by atoms with E-state index in [1.807, 2.05) is 0 Å². The number of imidazole rings is 1. The van der Waals surface area contributed by atoms with Gasteiger partial charge in [0.05, 0.1) is 6.42 Å². The SMILES string of the molecule is O=C(O)Cc1[nH]c(=S)n2c1CC(c1cc(F)cc(F)c1)C2. The van der Waals surface area contributed by atoms with Gasteiger partial charge >= 0.3 is 5.97 Å². The van der Waals surface area contributed by atoms with Crippen molar-refractivity contribution in [1.29, 1.82) is 0 Å². The number of carbonyl (C=O) groups is 1. The van der Waals surface area contributed by atoms with Gasteiger partial charge in [0.25, 0.3) is 0 Å². The van der Waals surface area contributed by atoms with Crippen LogP contribution in [0.2, 0.25) is 0 Å². The second-order valence-corrected chi connectivity index (χ2v) is 5.53. The molecule has 4 nitrogen and oxygen atoms in total. The Kier molecular flexibility index (Phi) is 3.36. The first-order valence-corrected chi connectivity index (χ1v) is 6.83. The molecule has 0 radical (unpaired) electrons. The highest BCUT2D eigenvalue weighted by atomic mass is 32.1. The number of H-pyrrole nitrogens is 1. The van der Waals surface area contributed by atoms with Gasteiger partial charge in [-0.2, -0.15) is 0 Å². The summed E-state index contributed by atoms with van der Waals surface area (Å²) >= 11 is 5.17. The van der Waals surface area contributed by atoms with Crippen molar-refractivity contribution in [2.75, 3.05) is 0 Å². The molecular weight excluding hydrogens is 298 g/mol. The highest BCUT2D eigenvalue weighted by Crippen LogP contribution is 2.32. The van der Waals surface area contributed by atoms with Crippen molar-refractivity contribution in [3.05, 3.63) is 51.6 Å². The Labute approximate surface area is 124 Å². The van der Waals surface area contributed by atoms with Crippen LogP contribution in [0.4, 0.5) is 8.78 Å². The minimum atomic E-state index is -0.949. The third kappa shape index (κ3) is 2.61. The van der Waals surface area contributed by atoms with Crippen molar-refractivity contribution in [1.82, 2.24) is 9.55 Å². The van der Waals surface area contributed by atoms with Crippen molar-refractivity contribution in [2.24, 2.45) is 0 Å². The van der Waals surface area contributed by atoms with Crippen molar-refractivity contribution >= 4 is 18.2 Å². The largest absolute Gasteiger partial charge is 0.481 e. The summed E-state index contributed by atoms with van der Waals surface area (Å²) in [6, 6.07) is 3.45. The predicted octanol–water partition coefficient (Wildman–Crippen LogP) is 2.79. The molecule has 2 aromatic rings. The summed E-state index contributed by atoms with van der Waals surface area (Å²) in [4.78, 5) is 13.7. The number of carboxylic acid groups (broad SMARTS) is 1. The van der Waals surface area contributed by atoms with Gasteiger partial charge in [0.2, 0.25) is 0 Å². The summed E-state index contributed by atoms with van der Waals surface area (Å²) < 4.78 is 28.9. The number of aromatic amines is 1. The number of hydrogen-bond donors (Lipinski definition) is 2. The molecule has 1 aromatic carbocycles. The summed E-state index contributed by atoms with van der Waals surface area (Å²) in [6.45, 7) is 0.493. The Morgan fingerprint density at radius 1 is 1.38 bits per heavy atom. The lowest BCUT2D eigenvalue weighted by Crippen LogP contribution is -2.05. The van der Waals surface area contributed by atoms with E-state index < -0.39 is 17.6 Å². The Morgan fingerprint density at radius 2 is 2.05 bits per heavy atom. The standard InChI is InChI=1S/C14H12F2N2O2S/c15-9-1-7(2-10(16)4-9)8-3-12-11(5-13(19)20)17-14(21)18(12)6-8/h1-2,4,8H,3,5-6H2,(H,17,21)(H,19,20). The van der Waals surface area contributed by atoms with Crippen molar-refractivity contribution in [3.8, 4) is 0 Å². The highest BCUT2D eigenvalue weighted by Gasteiger charge is 2.28. The molecule has 0 saturated heterocycles. The molecule has 0 amide bonds. The molecule has 1 atom stereocenters. The van der Waals surface area contributed by atoms with E-state index >= 15 is 0 Å². The van der Waals surface area contributed by atoms with Crippen LogP contribution in [-0.4, -0.2) is 20.6 Å².